The number of nitrogens with two attached hydrogens (primary N) is 1. The molecular weight excluding hydrogens is 498 g/mol. The molecule has 5 rings (SSSR count). The third kappa shape index (κ3) is 5.26. The van der Waals surface area contributed by atoms with Gasteiger partial charge in [0.1, 0.15) is 11.6 Å². The van der Waals surface area contributed by atoms with E-state index in [0.29, 0.717) is 60.7 Å². The van der Waals surface area contributed by atoms with Gasteiger partial charge in [-0.1, -0.05) is 44.2 Å². The number of allylic oxidation sites excluding steroid dienone is 1. The predicted molar refractivity (Wildman–Crippen MR) is 143 cm³/mol. The van der Waals surface area contributed by atoms with Crippen molar-refractivity contribution in [3.8, 4) is 34.7 Å². The first-order valence-electron chi connectivity index (χ1n) is 12.9. The second kappa shape index (κ2) is 11.1. The quantitative estimate of drug-likeness (QED) is 0.482. The van der Waals surface area contributed by atoms with Crippen molar-refractivity contribution in [3.05, 3.63) is 70.6 Å². The number of nitrogens with one attached hydrogen (secondary N) is 1. The Hall–Kier alpha value is -4.49. The molecule has 10 nitrogen and oxygen atoms in total. The van der Waals surface area contributed by atoms with Gasteiger partial charge in [-0.25, -0.2) is 4.79 Å². The summed E-state index contributed by atoms with van der Waals surface area (Å²) in [7, 11) is 1.50. The van der Waals surface area contributed by atoms with E-state index in [9.17, 15) is 10.1 Å². The minimum absolute atomic E-state index is 0.0250. The number of methoxy groups -OCH3 is 1. The van der Waals surface area contributed by atoms with Crippen LogP contribution in [0, 0.1) is 17.2 Å². The van der Waals surface area contributed by atoms with E-state index in [4.69, 9.17) is 24.7 Å². The van der Waals surface area contributed by atoms with Crippen LogP contribution in [0.3, 0.4) is 0 Å². The molecule has 202 valence electrons. The number of carbonyl (C=O) groups excluding carboxylic acids is 1. The van der Waals surface area contributed by atoms with Crippen molar-refractivity contribution in [1.82, 2.24) is 15.1 Å². The number of morpholine rings is 1. The van der Waals surface area contributed by atoms with Crippen LogP contribution < -0.4 is 19.9 Å². The highest BCUT2D eigenvalue weighted by Crippen LogP contribution is 2.47. The van der Waals surface area contributed by atoms with E-state index >= 15 is 0 Å². The van der Waals surface area contributed by atoms with Crippen molar-refractivity contribution in [2.75, 3.05) is 33.4 Å². The summed E-state index contributed by atoms with van der Waals surface area (Å²) in [6.45, 7) is 6.15. The van der Waals surface area contributed by atoms with Gasteiger partial charge < -0.3 is 29.6 Å². The minimum Gasteiger partial charge on any atom is -0.493 e. The van der Waals surface area contributed by atoms with Crippen LogP contribution in [-0.2, 0) is 11.2 Å². The Morgan fingerprint density at radius 1 is 1.21 bits per heavy atom. The number of fused-ring (bicyclic) bond motifs is 1. The number of nitrogens with zero attached hydrogens (tertiary/aromatic N) is 3. The van der Waals surface area contributed by atoms with Crippen molar-refractivity contribution in [3.63, 3.8) is 0 Å². The largest absolute Gasteiger partial charge is 0.493 e. The summed E-state index contributed by atoms with van der Waals surface area (Å²) in [6, 6.07) is 15.7. The molecule has 3 heterocycles. The number of H-pyrrole nitrogens is 1. The van der Waals surface area contributed by atoms with Gasteiger partial charge in [-0.2, -0.15) is 5.26 Å². The van der Waals surface area contributed by atoms with E-state index in [2.05, 4.69) is 42.2 Å². The zero-order valence-electron chi connectivity index (χ0n) is 22.2. The fourth-order valence-electron chi connectivity index (χ4n) is 4.93. The maximum absolute atomic E-state index is 12.9. The molecule has 0 radical (unpaired) electrons. The summed E-state index contributed by atoms with van der Waals surface area (Å²) in [4.78, 5) is 14.4. The first-order chi connectivity index (χ1) is 18.9. The van der Waals surface area contributed by atoms with Crippen LogP contribution in [0.1, 0.15) is 36.5 Å². The third-order valence-electron chi connectivity index (χ3n) is 6.81. The van der Waals surface area contributed by atoms with Gasteiger partial charge in [-0.3, -0.25) is 5.10 Å². The molecule has 39 heavy (non-hydrogen) atoms. The van der Waals surface area contributed by atoms with Gasteiger partial charge >= 0.3 is 6.09 Å². The number of benzene rings is 2. The maximum atomic E-state index is 12.9. The van der Waals surface area contributed by atoms with E-state index in [-0.39, 0.29) is 17.2 Å². The van der Waals surface area contributed by atoms with Crippen LogP contribution >= 0.6 is 0 Å². The lowest BCUT2D eigenvalue weighted by Crippen LogP contribution is -2.42. The molecule has 2 aliphatic heterocycles. The summed E-state index contributed by atoms with van der Waals surface area (Å²) in [6.07, 6.45) is 0.477. The van der Waals surface area contributed by atoms with Crippen molar-refractivity contribution in [1.29, 1.82) is 5.26 Å². The average Bonchev–Trinajstić information content (AvgIpc) is 3.36. The highest BCUT2D eigenvalue weighted by molar-refractivity contribution is 5.73. The molecule has 0 aliphatic carbocycles. The van der Waals surface area contributed by atoms with Gasteiger partial charge in [0, 0.05) is 18.7 Å². The fourth-order valence-corrected chi connectivity index (χ4v) is 4.93. The maximum Gasteiger partial charge on any atom is 0.415 e. The lowest BCUT2D eigenvalue weighted by Gasteiger charge is -2.27. The first-order valence-corrected chi connectivity index (χ1v) is 12.9. The van der Waals surface area contributed by atoms with E-state index in [1.54, 1.807) is 17.0 Å². The Balaban J connectivity index is 1.55. The highest BCUT2D eigenvalue weighted by Gasteiger charge is 2.36. The highest BCUT2D eigenvalue weighted by atomic mass is 16.6. The van der Waals surface area contributed by atoms with Crippen molar-refractivity contribution >= 4 is 6.09 Å². The molecule has 2 aliphatic rings. The molecule has 1 atom stereocenters. The Morgan fingerprint density at radius 2 is 1.95 bits per heavy atom. The van der Waals surface area contributed by atoms with Gasteiger partial charge in [0.25, 0.3) is 0 Å². The predicted octanol–water partition coefficient (Wildman–Crippen LogP) is 4.33. The van der Waals surface area contributed by atoms with E-state index in [1.165, 1.54) is 12.7 Å². The van der Waals surface area contributed by atoms with Crippen LogP contribution in [-0.4, -0.2) is 54.6 Å². The topological polar surface area (TPSA) is 136 Å². The van der Waals surface area contributed by atoms with Crippen LogP contribution in [0.25, 0.3) is 11.3 Å². The number of ether oxygens (including phenoxy) is 4. The normalized spacial score (nSPS) is 16.9. The number of aromatic amines is 1. The number of carbonyl (C=O) groups is 1. The third-order valence-corrected chi connectivity index (χ3v) is 6.81. The summed E-state index contributed by atoms with van der Waals surface area (Å²) in [5.41, 5.74) is 10.6. The molecule has 3 aromatic rings. The van der Waals surface area contributed by atoms with E-state index in [1.807, 2.05) is 18.2 Å². The van der Waals surface area contributed by atoms with Gasteiger partial charge in [-0.05, 0) is 35.6 Å². The van der Waals surface area contributed by atoms with Crippen LogP contribution in [0.5, 0.6) is 17.4 Å². The van der Waals surface area contributed by atoms with Crippen LogP contribution in [0.4, 0.5) is 4.79 Å². The molecule has 1 amide bonds. The Kier molecular flexibility index (Phi) is 7.43. The summed E-state index contributed by atoms with van der Waals surface area (Å²) < 4.78 is 22.3. The molecule has 1 fully saturated rings. The number of nitriles is 1. The standard InChI is InChI=1S/C29H31N5O5/c1-17(2)14-18-4-6-19(7-5-18)26-25-24(21(16-30)27(31)39-28(25)33-32-26)20-8-9-22(36-3)23(15-20)38-29(35)34-10-12-37-13-11-34/h4-9,15,17,24H,10-14,31H2,1-3H3,(H,32,33). The van der Waals surface area contributed by atoms with Gasteiger partial charge in [0.15, 0.2) is 11.5 Å². The SMILES string of the molecule is COc1ccc(C2C(C#N)=C(N)Oc3n[nH]c(-c4ccc(CC(C)C)cc4)c32)cc1OC(=O)N1CCOCC1. The number of amides is 1. The number of hydrogen-bond donors (Lipinski definition) is 2. The fraction of sp³-hybridized carbons (Fsp3) is 0.345. The lowest BCUT2D eigenvalue weighted by molar-refractivity contribution is 0.0413. The molecule has 10 heteroatoms. The zero-order chi connectivity index (χ0) is 27.5. The molecular formula is C29H31N5O5. The molecule has 1 aromatic heterocycles. The van der Waals surface area contributed by atoms with Crippen LogP contribution in [0.15, 0.2) is 53.9 Å². The number of aromatic nitrogens is 2. The summed E-state index contributed by atoms with van der Waals surface area (Å²) >= 11 is 0. The molecule has 1 unspecified atom stereocenters. The number of rotatable bonds is 6. The summed E-state index contributed by atoms with van der Waals surface area (Å²) in [5.74, 6) is 0.814. The van der Waals surface area contributed by atoms with Crippen LogP contribution in [0.2, 0.25) is 0 Å². The van der Waals surface area contributed by atoms with Gasteiger partial charge in [0.2, 0.25) is 11.8 Å². The zero-order valence-corrected chi connectivity index (χ0v) is 22.2. The minimum atomic E-state index is -0.616. The van der Waals surface area contributed by atoms with Gasteiger partial charge in [-0.15, -0.1) is 5.10 Å². The summed E-state index contributed by atoms with van der Waals surface area (Å²) in [5, 5.41) is 17.5. The second-order valence-corrected chi connectivity index (χ2v) is 9.91. The molecule has 0 saturated carbocycles. The monoisotopic (exact) mass is 529 g/mol. The van der Waals surface area contributed by atoms with Crippen molar-refractivity contribution in [2.45, 2.75) is 26.2 Å². The number of hydrogen-bond acceptors (Lipinski definition) is 8. The Bertz CT molecular complexity index is 1430. The van der Waals surface area contributed by atoms with E-state index in [0.717, 1.165) is 12.0 Å². The van der Waals surface area contributed by atoms with Gasteiger partial charge in [0.05, 0.1) is 37.5 Å². The van der Waals surface area contributed by atoms with E-state index < -0.39 is 12.0 Å². The second-order valence-electron chi connectivity index (χ2n) is 9.91. The lowest BCUT2D eigenvalue weighted by atomic mass is 9.83. The van der Waals surface area contributed by atoms with Crippen molar-refractivity contribution in [2.24, 2.45) is 11.7 Å². The van der Waals surface area contributed by atoms with Crippen molar-refractivity contribution < 1.29 is 23.7 Å². The Labute approximate surface area is 226 Å². The smallest absolute Gasteiger partial charge is 0.415 e. The molecule has 2 aromatic carbocycles. The molecule has 0 spiro atoms. The molecule has 1 saturated heterocycles. The molecule has 3 N–H and O–H groups in total. The molecule has 0 bridgehead atoms. The Morgan fingerprint density at radius 3 is 2.62 bits per heavy atom. The average molecular weight is 530 g/mol. The first kappa shape index (κ1) is 26.1.